The topological polar surface area (TPSA) is 13.3 Å². The van der Waals surface area contributed by atoms with Crippen LogP contribution in [-0.4, -0.2) is 7.11 Å². The van der Waals surface area contributed by atoms with Gasteiger partial charge in [0.2, 0.25) is 5.52 Å². The summed E-state index contributed by atoms with van der Waals surface area (Å²) < 4.78 is 7.59. The highest BCUT2D eigenvalue weighted by molar-refractivity contribution is 5.89. The molecule has 0 aliphatic rings. The second-order valence-corrected chi connectivity index (χ2v) is 4.46. The Hall–Kier alpha value is -1.36. The van der Waals surface area contributed by atoms with Gasteiger partial charge in [-0.05, 0) is 24.6 Å². The summed E-state index contributed by atoms with van der Waals surface area (Å²) in [5.74, 6) is 0.926. The molecule has 0 aliphatic heterocycles. The summed E-state index contributed by atoms with van der Waals surface area (Å²) in [5, 5.41) is 2.35. The lowest BCUT2D eigenvalue weighted by Crippen LogP contribution is -3.00. The van der Waals surface area contributed by atoms with Gasteiger partial charge < -0.3 is 28.7 Å². The van der Waals surface area contributed by atoms with Gasteiger partial charge in [0.15, 0.2) is 12.4 Å². The monoisotopic (exact) mass is 365 g/mol. The quantitative estimate of drug-likeness (QED) is 0.358. The van der Waals surface area contributed by atoms with Crippen molar-refractivity contribution in [2.45, 2.75) is 13.3 Å². The van der Waals surface area contributed by atoms with Gasteiger partial charge in [0.1, 0.15) is 5.75 Å². The number of halogens is 1. The largest absolute Gasteiger partial charge is 1.00 e. The molecule has 0 unspecified atom stereocenters. The summed E-state index contributed by atoms with van der Waals surface area (Å²) in [7, 11) is 1.71. The van der Waals surface area contributed by atoms with Crippen molar-refractivity contribution in [1.29, 1.82) is 0 Å². The molecule has 0 atom stereocenters. The minimum Gasteiger partial charge on any atom is -1.00 e. The van der Waals surface area contributed by atoms with Gasteiger partial charge >= 0.3 is 0 Å². The van der Waals surface area contributed by atoms with E-state index in [0.29, 0.717) is 0 Å². The van der Waals surface area contributed by atoms with Gasteiger partial charge in [-0.2, -0.15) is 4.40 Å². The molecule has 0 N–H and O–H groups in total. The van der Waals surface area contributed by atoms with E-state index in [1.165, 1.54) is 16.5 Å². The lowest BCUT2D eigenvalue weighted by atomic mass is 10.1. The van der Waals surface area contributed by atoms with E-state index < -0.39 is 0 Å². The minimum atomic E-state index is 0. The third-order valence-corrected chi connectivity index (χ3v) is 3.37. The molecular formula is C16H16INO. The molecular weight excluding hydrogens is 349 g/mol. The number of hydrogen-bond donors (Lipinski definition) is 0. The molecule has 0 fully saturated rings. The Kier molecular flexibility index (Phi) is 4.24. The van der Waals surface area contributed by atoms with Crippen LogP contribution in [-0.2, 0) is 6.42 Å². The number of aryl methyl sites for hydroxylation is 1. The first kappa shape index (κ1) is 14.1. The van der Waals surface area contributed by atoms with Gasteiger partial charge in [-0.3, -0.25) is 0 Å². The first-order valence-electron chi connectivity index (χ1n) is 6.22. The number of rotatable bonds is 2. The van der Waals surface area contributed by atoms with Gasteiger partial charge in [-0.25, -0.2) is 0 Å². The van der Waals surface area contributed by atoms with Crippen LogP contribution in [0, 0.1) is 0 Å². The highest BCUT2D eigenvalue weighted by Gasteiger charge is 2.09. The molecule has 2 aromatic heterocycles. The van der Waals surface area contributed by atoms with Crippen molar-refractivity contribution < 1.29 is 33.1 Å². The smallest absolute Gasteiger partial charge is 0.211 e. The predicted octanol–water partition coefficient (Wildman–Crippen LogP) is 0.153. The molecule has 3 rings (SSSR count). The number of aromatic nitrogens is 1. The molecule has 0 saturated heterocycles. The second-order valence-electron chi connectivity index (χ2n) is 4.46. The lowest BCUT2D eigenvalue weighted by molar-refractivity contribution is -0.510. The van der Waals surface area contributed by atoms with E-state index in [0.717, 1.165) is 17.6 Å². The fourth-order valence-corrected chi connectivity index (χ4v) is 2.32. The van der Waals surface area contributed by atoms with Crippen molar-refractivity contribution in [3.05, 3.63) is 54.4 Å². The molecule has 1 aromatic carbocycles. The molecule has 0 amide bonds. The average Bonchev–Trinajstić information content (AvgIpc) is 2.43. The molecule has 19 heavy (non-hydrogen) atoms. The fourth-order valence-electron chi connectivity index (χ4n) is 2.32. The number of hydrogen-bond acceptors (Lipinski definition) is 1. The third kappa shape index (κ3) is 2.52. The van der Waals surface area contributed by atoms with E-state index in [4.69, 9.17) is 4.74 Å². The van der Waals surface area contributed by atoms with E-state index in [9.17, 15) is 0 Å². The number of methoxy groups -OCH3 is 1. The Labute approximate surface area is 130 Å². The third-order valence-electron chi connectivity index (χ3n) is 3.37. The lowest BCUT2D eigenvalue weighted by Gasteiger charge is -2.04. The molecule has 3 aromatic rings. The van der Waals surface area contributed by atoms with Crippen molar-refractivity contribution >= 4 is 16.3 Å². The molecule has 0 radical (unpaired) electrons. The number of fused-ring (bicyclic) bond motifs is 2. The van der Waals surface area contributed by atoms with Crippen LogP contribution in [0.5, 0.6) is 5.75 Å². The molecule has 2 nitrogen and oxygen atoms in total. The zero-order valence-electron chi connectivity index (χ0n) is 11.1. The van der Waals surface area contributed by atoms with Gasteiger partial charge in [0.05, 0.1) is 7.11 Å². The predicted molar refractivity (Wildman–Crippen MR) is 73.0 cm³/mol. The van der Waals surface area contributed by atoms with Crippen molar-refractivity contribution in [2.75, 3.05) is 7.11 Å². The molecule has 0 aliphatic carbocycles. The molecule has 2 heterocycles. The van der Waals surface area contributed by atoms with Crippen molar-refractivity contribution in [3.63, 3.8) is 0 Å². The Morgan fingerprint density at radius 2 is 1.95 bits per heavy atom. The summed E-state index contributed by atoms with van der Waals surface area (Å²) in [4.78, 5) is 0. The van der Waals surface area contributed by atoms with Crippen LogP contribution in [0.25, 0.3) is 16.3 Å². The minimum absolute atomic E-state index is 0. The highest BCUT2D eigenvalue weighted by atomic mass is 127. The normalized spacial score (nSPS) is 10.4. The van der Waals surface area contributed by atoms with Crippen LogP contribution in [0.3, 0.4) is 0 Å². The maximum absolute atomic E-state index is 5.41. The molecule has 3 heteroatoms. The summed E-state index contributed by atoms with van der Waals surface area (Å²) in [6.45, 7) is 2.17. The van der Waals surface area contributed by atoms with Crippen molar-refractivity contribution in [2.24, 2.45) is 0 Å². The van der Waals surface area contributed by atoms with Gasteiger partial charge in [0.25, 0.3) is 0 Å². The van der Waals surface area contributed by atoms with Gasteiger partial charge in [0, 0.05) is 28.5 Å². The Morgan fingerprint density at radius 1 is 1.11 bits per heavy atom. The first-order chi connectivity index (χ1) is 8.81. The molecule has 0 spiro atoms. The number of benzene rings is 1. The number of nitrogens with zero attached hydrogens (tertiary/aromatic N) is 1. The standard InChI is InChI=1S/C16H16NO.HI/c1-3-12-7-8-14-9-15-13(11-17(14)10-12)5-4-6-16(15)18-2;/h4-11H,3H2,1-2H3;1H/q+1;/p-1. The average molecular weight is 365 g/mol. The van der Waals surface area contributed by atoms with E-state index in [1.54, 1.807) is 7.11 Å². The van der Waals surface area contributed by atoms with E-state index in [2.05, 4.69) is 48.0 Å². The maximum Gasteiger partial charge on any atom is 0.211 e. The maximum atomic E-state index is 5.41. The zero-order chi connectivity index (χ0) is 12.5. The fraction of sp³-hybridized carbons (Fsp3) is 0.188. The number of pyridine rings is 2. The van der Waals surface area contributed by atoms with Crippen LogP contribution in [0.1, 0.15) is 12.5 Å². The van der Waals surface area contributed by atoms with Crippen molar-refractivity contribution in [3.8, 4) is 5.75 Å². The second kappa shape index (κ2) is 5.74. The van der Waals surface area contributed by atoms with Crippen LogP contribution in [0.2, 0.25) is 0 Å². The van der Waals surface area contributed by atoms with Gasteiger partial charge in [-0.15, -0.1) is 0 Å². The van der Waals surface area contributed by atoms with E-state index in [-0.39, 0.29) is 24.0 Å². The van der Waals surface area contributed by atoms with Crippen LogP contribution in [0.4, 0.5) is 0 Å². The molecule has 98 valence electrons. The molecule has 0 saturated carbocycles. The molecule has 0 bridgehead atoms. The summed E-state index contributed by atoms with van der Waals surface area (Å²) >= 11 is 0. The Morgan fingerprint density at radius 3 is 2.68 bits per heavy atom. The van der Waals surface area contributed by atoms with E-state index in [1.807, 2.05) is 12.1 Å². The van der Waals surface area contributed by atoms with Crippen molar-refractivity contribution in [1.82, 2.24) is 0 Å². The SMILES string of the molecule is CCc1ccc2cc3c(OC)cccc3c[n+]2c1.[I-]. The highest BCUT2D eigenvalue weighted by Crippen LogP contribution is 2.25. The number of ether oxygens (including phenoxy) is 1. The van der Waals surface area contributed by atoms with Crippen LogP contribution < -0.4 is 33.1 Å². The van der Waals surface area contributed by atoms with Gasteiger partial charge in [-0.1, -0.05) is 13.0 Å². The summed E-state index contributed by atoms with van der Waals surface area (Å²) in [5.41, 5.74) is 2.53. The zero-order valence-corrected chi connectivity index (χ0v) is 13.2. The Balaban J connectivity index is 0.00000133. The summed E-state index contributed by atoms with van der Waals surface area (Å²) in [6, 6.07) is 12.6. The Bertz CT molecular complexity index is 724. The first-order valence-corrected chi connectivity index (χ1v) is 6.22. The van der Waals surface area contributed by atoms with E-state index >= 15 is 0 Å². The van der Waals surface area contributed by atoms with Crippen LogP contribution in [0.15, 0.2) is 48.8 Å². The van der Waals surface area contributed by atoms with Crippen LogP contribution >= 0.6 is 0 Å². The summed E-state index contributed by atoms with van der Waals surface area (Å²) in [6.07, 6.45) is 5.40.